The van der Waals surface area contributed by atoms with Crippen LogP contribution in [0.2, 0.25) is 5.02 Å². The number of rotatable bonds is 3. The Morgan fingerprint density at radius 3 is 2.57 bits per heavy atom. The number of halogens is 1. The summed E-state index contributed by atoms with van der Waals surface area (Å²) in [6.07, 6.45) is 0.853. The van der Waals surface area contributed by atoms with Gasteiger partial charge in [0.25, 0.3) is 0 Å². The quantitative estimate of drug-likeness (QED) is 0.663. The third-order valence-corrected chi connectivity index (χ3v) is 6.95. The third-order valence-electron chi connectivity index (χ3n) is 4.16. The smallest absolute Gasteiger partial charge is 0.193 e. The van der Waals surface area contributed by atoms with Gasteiger partial charge in [0, 0.05) is 31.7 Å². The fourth-order valence-corrected chi connectivity index (χ4v) is 4.12. The summed E-state index contributed by atoms with van der Waals surface area (Å²) in [5, 5.41) is 4.05. The van der Waals surface area contributed by atoms with Gasteiger partial charge in [-0.15, -0.1) is 0 Å². The second kappa shape index (κ2) is 7.09. The fraction of sp³-hybridized carbons (Fsp3) is 0.562. The first-order valence-electron chi connectivity index (χ1n) is 7.67. The van der Waals surface area contributed by atoms with E-state index in [0.29, 0.717) is 13.1 Å². The van der Waals surface area contributed by atoms with Crippen molar-refractivity contribution in [3.8, 4) is 0 Å². The maximum Gasteiger partial charge on any atom is 0.193 e. The van der Waals surface area contributed by atoms with E-state index in [1.54, 1.807) is 20.9 Å². The maximum atomic E-state index is 12.1. The van der Waals surface area contributed by atoms with Gasteiger partial charge in [-0.25, -0.2) is 8.42 Å². The molecular formula is C16H24ClN3O2S. The summed E-state index contributed by atoms with van der Waals surface area (Å²) in [5.41, 5.74) is 1.19. The summed E-state index contributed by atoms with van der Waals surface area (Å²) < 4.78 is 23.4. The number of nitrogens with zero attached hydrogens (tertiary/aromatic N) is 2. The zero-order chi connectivity index (χ0) is 17.1. The predicted molar refractivity (Wildman–Crippen MR) is 96.0 cm³/mol. The van der Waals surface area contributed by atoms with Gasteiger partial charge in [0.2, 0.25) is 0 Å². The average Bonchev–Trinajstić information content (AvgIpc) is 2.49. The second-order valence-electron chi connectivity index (χ2n) is 6.35. The van der Waals surface area contributed by atoms with Crippen molar-refractivity contribution >= 4 is 27.4 Å². The van der Waals surface area contributed by atoms with Crippen molar-refractivity contribution in [3.05, 3.63) is 34.9 Å². The SMILES string of the molecule is CN=C(NCCc1ccc(Cl)cc1)N1CCS(=O)(=O)C(C)(C)C1. The lowest BCUT2D eigenvalue weighted by Crippen LogP contribution is -2.57. The lowest BCUT2D eigenvalue weighted by atomic mass is 10.1. The molecule has 0 unspecified atom stereocenters. The van der Waals surface area contributed by atoms with Crippen molar-refractivity contribution in [3.63, 3.8) is 0 Å². The summed E-state index contributed by atoms with van der Waals surface area (Å²) in [6.45, 7) is 5.21. The van der Waals surface area contributed by atoms with Crippen LogP contribution in [0.15, 0.2) is 29.3 Å². The summed E-state index contributed by atoms with van der Waals surface area (Å²) in [6, 6.07) is 7.76. The number of benzene rings is 1. The van der Waals surface area contributed by atoms with Crippen molar-refractivity contribution in [1.82, 2.24) is 10.2 Å². The van der Waals surface area contributed by atoms with E-state index >= 15 is 0 Å². The molecule has 1 aromatic carbocycles. The van der Waals surface area contributed by atoms with Crippen molar-refractivity contribution in [1.29, 1.82) is 0 Å². The number of nitrogens with one attached hydrogen (secondary N) is 1. The molecule has 1 fully saturated rings. The highest BCUT2D eigenvalue weighted by Gasteiger charge is 2.40. The van der Waals surface area contributed by atoms with Crippen LogP contribution in [0.3, 0.4) is 0 Å². The zero-order valence-electron chi connectivity index (χ0n) is 13.8. The van der Waals surface area contributed by atoms with Gasteiger partial charge in [0.1, 0.15) is 0 Å². The Balaban J connectivity index is 1.92. The topological polar surface area (TPSA) is 61.8 Å². The molecule has 0 aromatic heterocycles. The Labute approximate surface area is 143 Å². The van der Waals surface area contributed by atoms with E-state index in [4.69, 9.17) is 11.6 Å². The molecule has 0 radical (unpaired) electrons. The fourth-order valence-electron chi connectivity index (χ4n) is 2.63. The van der Waals surface area contributed by atoms with Gasteiger partial charge in [-0.05, 0) is 38.0 Å². The van der Waals surface area contributed by atoms with Gasteiger partial charge in [-0.3, -0.25) is 4.99 Å². The Morgan fingerprint density at radius 1 is 1.35 bits per heavy atom. The van der Waals surface area contributed by atoms with Gasteiger partial charge in [0.15, 0.2) is 15.8 Å². The summed E-state index contributed by atoms with van der Waals surface area (Å²) in [5.74, 6) is 0.916. The van der Waals surface area contributed by atoms with Gasteiger partial charge in [0.05, 0.1) is 10.5 Å². The normalized spacial score (nSPS) is 20.3. The van der Waals surface area contributed by atoms with Crippen LogP contribution in [0.5, 0.6) is 0 Å². The first-order valence-corrected chi connectivity index (χ1v) is 9.70. The number of aliphatic imine (C=N–C) groups is 1. The van der Waals surface area contributed by atoms with Crippen LogP contribution in [0, 0.1) is 0 Å². The monoisotopic (exact) mass is 357 g/mol. The van der Waals surface area contributed by atoms with E-state index in [2.05, 4.69) is 10.3 Å². The van der Waals surface area contributed by atoms with E-state index in [-0.39, 0.29) is 5.75 Å². The Bertz CT molecular complexity index is 669. The molecule has 0 aliphatic carbocycles. The van der Waals surface area contributed by atoms with E-state index < -0.39 is 14.6 Å². The minimum atomic E-state index is -3.04. The molecule has 1 N–H and O–H groups in total. The highest BCUT2D eigenvalue weighted by molar-refractivity contribution is 7.92. The molecular weight excluding hydrogens is 334 g/mol. The lowest BCUT2D eigenvalue weighted by Gasteiger charge is -2.39. The molecule has 0 atom stereocenters. The molecule has 2 rings (SSSR count). The van der Waals surface area contributed by atoms with Crippen LogP contribution in [0.4, 0.5) is 0 Å². The minimum Gasteiger partial charge on any atom is -0.356 e. The van der Waals surface area contributed by atoms with Crippen molar-refractivity contribution in [2.24, 2.45) is 4.99 Å². The molecule has 7 heteroatoms. The Hall–Kier alpha value is -1.27. The summed E-state index contributed by atoms with van der Waals surface area (Å²) in [4.78, 5) is 6.30. The predicted octanol–water partition coefficient (Wildman–Crippen LogP) is 1.97. The molecule has 0 saturated carbocycles. The Morgan fingerprint density at radius 2 is 2.00 bits per heavy atom. The number of hydrogen-bond acceptors (Lipinski definition) is 3. The molecule has 0 amide bonds. The van der Waals surface area contributed by atoms with E-state index in [0.717, 1.165) is 23.9 Å². The Kier molecular flexibility index (Phi) is 5.57. The van der Waals surface area contributed by atoms with Gasteiger partial charge < -0.3 is 10.2 Å². The number of guanidine groups is 1. The lowest BCUT2D eigenvalue weighted by molar-refractivity contribution is 0.353. The molecule has 0 spiro atoms. The van der Waals surface area contributed by atoms with Crippen LogP contribution in [-0.2, 0) is 16.3 Å². The maximum absolute atomic E-state index is 12.1. The van der Waals surface area contributed by atoms with E-state index in [9.17, 15) is 8.42 Å². The van der Waals surface area contributed by atoms with Crippen molar-refractivity contribution in [2.45, 2.75) is 25.0 Å². The molecule has 1 heterocycles. The summed E-state index contributed by atoms with van der Waals surface area (Å²) >= 11 is 5.88. The third kappa shape index (κ3) is 4.38. The van der Waals surface area contributed by atoms with Crippen LogP contribution in [-0.4, -0.2) is 56.5 Å². The molecule has 1 aromatic rings. The van der Waals surface area contributed by atoms with E-state index in [1.165, 1.54) is 5.56 Å². The average molecular weight is 358 g/mol. The first kappa shape index (κ1) is 18.1. The van der Waals surface area contributed by atoms with Crippen molar-refractivity contribution < 1.29 is 8.42 Å². The molecule has 0 bridgehead atoms. The zero-order valence-corrected chi connectivity index (χ0v) is 15.4. The highest BCUT2D eigenvalue weighted by Crippen LogP contribution is 2.23. The van der Waals surface area contributed by atoms with Crippen LogP contribution in [0.25, 0.3) is 0 Å². The number of hydrogen-bond donors (Lipinski definition) is 1. The van der Waals surface area contributed by atoms with Crippen LogP contribution in [0.1, 0.15) is 19.4 Å². The van der Waals surface area contributed by atoms with Crippen LogP contribution >= 0.6 is 11.6 Å². The first-order chi connectivity index (χ1) is 10.7. The minimum absolute atomic E-state index is 0.165. The molecule has 23 heavy (non-hydrogen) atoms. The second-order valence-corrected chi connectivity index (χ2v) is 9.53. The molecule has 1 aliphatic heterocycles. The van der Waals surface area contributed by atoms with Crippen LogP contribution < -0.4 is 5.32 Å². The molecule has 5 nitrogen and oxygen atoms in total. The van der Waals surface area contributed by atoms with Crippen molar-refractivity contribution in [2.75, 3.05) is 32.4 Å². The van der Waals surface area contributed by atoms with Gasteiger partial charge in [-0.2, -0.15) is 0 Å². The van der Waals surface area contributed by atoms with Gasteiger partial charge in [-0.1, -0.05) is 23.7 Å². The number of sulfone groups is 1. The van der Waals surface area contributed by atoms with Gasteiger partial charge >= 0.3 is 0 Å². The molecule has 128 valence electrons. The standard InChI is InChI=1S/C16H24ClN3O2S/c1-16(2)12-20(10-11-23(16,21)22)15(18-3)19-9-8-13-4-6-14(17)7-5-13/h4-7H,8-12H2,1-3H3,(H,18,19). The molecule has 1 aliphatic rings. The molecule has 1 saturated heterocycles. The highest BCUT2D eigenvalue weighted by atomic mass is 35.5. The summed E-state index contributed by atoms with van der Waals surface area (Å²) in [7, 11) is -1.32. The van der Waals surface area contributed by atoms with E-state index in [1.807, 2.05) is 29.2 Å². The largest absolute Gasteiger partial charge is 0.356 e.